The van der Waals surface area contributed by atoms with Gasteiger partial charge in [-0.1, -0.05) is 32.6 Å². The monoisotopic (exact) mass is 350 g/mol. The van der Waals surface area contributed by atoms with Crippen LogP contribution in [0.25, 0.3) is 0 Å². The Bertz CT molecular complexity index is 587. The fourth-order valence-electron chi connectivity index (χ4n) is 4.24. The Morgan fingerprint density at radius 2 is 1.84 bits per heavy atom. The summed E-state index contributed by atoms with van der Waals surface area (Å²) in [5, 5.41) is 7.75. The zero-order valence-corrected chi connectivity index (χ0v) is 14.6. The molecule has 2 aliphatic carbocycles. The fourth-order valence-corrected chi connectivity index (χ4v) is 4.24. The molecule has 8 nitrogen and oxygen atoms in total. The molecule has 1 aliphatic heterocycles. The normalized spacial score (nSPS) is 29.8. The van der Waals surface area contributed by atoms with Crippen LogP contribution in [0, 0.1) is 5.92 Å². The third-order valence-corrected chi connectivity index (χ3v) is 5.75. The lowest BCUT2D eigenvalue weighted by Crippen LogP contribution is -2.54. The van der Waals surface area contributed by atoms with Gasteiger partial charge in [-0.3, -0.25) is 19.8 Å². The van der Waals surface area contributed by atoms with Gasteiger partial charge in [0.1, 0.15) is 12.1 Å². The molecule has 1 saturated heterocycles. The number of urea groups is 2. The maximum absolute atomic E-state index is 12.8. The van der Waals surface area contributed by atoms with Gasteiger partial charge in [0.25, 0.3) is 5.91 Å². The number of amides is 6. The number of hydrogen-bond donors (Lipinski definition) is 3. The van der Waals surface area contributed by atoms with Crippen LogP contribution in [0.5, 0.6) is 0 Å². The van der Waals surface area contributed by atoms with Crippen molar-refractivity contribution in [3.8, 4) is 0 Å². The van der Waals surface area contributed by atoms with Gasteiger partial charge >= 0.3 is 12.1 Å². The molecule has 25 heavy (non-hydrogen) atoms. The summed E-state index contributed by atoms with van der Waals surface area (Å²) in [5.41, 5.74) is -0.887. The van der Waals surface area contributed by atoms with Gasteiger partial charge in [-0.25, -0.2) is 9.59 Å². The lowest BCUT2D eigenvalue weighted by molar-refractivity contribution is -0.137. The number of carbonyl (C=O) groups excluding carboxylic acids is 4. The minimum atomic E-state index is -0.887. The van der Waals surface area contributed by atoms with Gasteiger partial charge in [-0.2, -0.15) is 0 Å². The first-order valence-electron chi connectivity index (χ1n) is 9.17. The molecule has 0 unspecified atom stereocenters. The van der Waals surface area contributed by atoms with E-state index < -0.39 is 30.1 Å². The summed E-state index contributed by atoms with van der Waals surface area (Å²) < 4.78 is 0. The molecule has 0 aromatic heterocycles. The Balaban J connectivity index is 1.56. The quantitative estimate of drug-likeness (QED) is 0.666. The van der Waals surface area contributed by atoms with Crippen LogP contribution >= 0.6 is 0 Å². The SMILES string of the molecule is C[C@H]1CCCC[C@]12NC(=O)N(CC(=O)NC(=O)NC1CCCC1)C2=O. The summed E-state index contributed by atoms with van der Waals surface area (Å²) in [4.78, 5) is 49.8. The summed E-state index contributed by atoms with van der Waals surface area (Å²) in [6, 6.07) is -1.02. The Morgan fingerprint density at radius 3 is 2.52 bits per heavy atom. The molecule has 2 atom stereocenters. The molecule has 0 radical (unpaired) electrons. The standard InChI is InChI=1S/C17H26N4O4/c1-11-6-4-5-9-17(11)14(23)21(16(25)20-17)10-13(22)19-15(24)18-12-7-2-3-8-12/h11-12H,2-10H2,1H3,(H,20,25)(H2,18,19,22,24)/t11-,17-/m0/s1. The minimum absolute atomic E-state index is 0.0384. The van der Waals surface area contributed by atoms with Crippen LogP contribution in [-0.4, -0.2) is 46.9 Å². The van der Waals surface area contributed by atoms with Crippen molar-refractivity contribution in [1.29, 1.82) is 0 Å². The van der Waals surface area contributed by atoms with Gasteiger partial charge < -0.3 is 10.6 Å². The van der Waals surface area contributed by atoms with Crippen LogP contribution in [0.1, 0.15) is 58.3 Å². The second-order valence-electron chi connectivity index (χ2n) is 7.44. The molecule has 3 N–H and O–H groups in total. The van der Waals surface area contributed by atoms with Crippen molar-refractivity contribution in [2.24, 2.45) is 5.92 Å². The average Bonchev–Trinajstić information content (AvgIpc) is 3.13. The Hall–Kier alpha value is -2.12. The summed E-state index contributed by atoms with van der Waals surface area (Å²) in [6.45, 7) is 1.52. The molecular weight excluding hydrogens is 324 g/mol. The van der Waals surface area contributed by atoms with Crippen LogP contribution in [0.4, 0.5) is 9.59 Å². The van der Waals surface area contributed by atoms with Crippen molar-refractivity contribution >= 4 is 23.9 Å². The van der Waals surface area contributed by atoms with Gasteiger partial charge in [0.15, 0.2) is 0 Å². The topological polar surface area (TPSA) is 108 Å². The van der Waals surface area contributed by atoms with Crippen LogP contribution in [0.3, 0.4) is 0 Å². The zero-order chi connectivity index (χ0) is 18.0. The maximum atomic E-state index is 12.8. The molecule has 3 aliphatic rings. The molecule has 2 saturated carbocycles. The van der Waals surface area contributed by atoms with Crippen LogP contribution in [0.2, 0.25) is 0 Å². The maximum Gasteiger partial charge on any atom is 0.325 e. The summed E-state index contributed by atoms with van der Waals surface area (Å²) in [7, 11) is 0. The number of hydrogen-bond acceptors (Lipinski definition) is 4. The second kappa shape index (κ2) is 7.01. The van der Waals surface area contributed by atoms with E-state index >= 15 is 0 Å². The number of nitrogens with one attached hydrogen (secondary N) is 3. The third kappa shape index (κ3) is 3.48. The highest BCUT2D eigenvalue weighted by Gasteiger charge is 2.55. The zero-order valence-electron chi connectivity index (χ0n) is 14.6. The highest BCUT2D eigenvalue weighted by Crippen LogP contribution is 2.38. The lowest BCUT2D eigenvalue weighted by atomic mass is 9.73. The predicted molar refractivity (Wildman–Crippen MR) is 89.5 cm³/mol. The van der Waals surface area contributed by atoms with Crippen molar-refractivity contribution in [2.75, 3.05) is 6.54 Å². The van der Waals surface area contributed by atoms with Gasteiger partial charge in [0.05, 0.1) is 0 Å². The van der Waals surface area contributed by atoms with E-state index in [0.29, 0.717) is 6.42 Å². The van der Waals surface area contributed by atoms with E-state index in [1.807, 2.05) is 6.92 Å². The number of nitrogens with zero attached hydrogens (tertiary/aromatic N) is 1. The smallest absolute Gasteiger partial charge is 0.325 e. The Labute approximate surface area is 147 Å². The van der Waals surface area contributed by atoms with Crippen molar-refractivity contribution in [1.82, 2.24) is 20.9 Å². The average molecular weight is 350 g/mol. The molecule has 0 bridgehead atoms. The van der Waals surface area contributed by atoms with Crippen molar-refractivity contribution in [2.45, 2.75) is 69.9 Å². The molecule has 138 valence electrons. The van der Waals surface area contributed by atoms with Crippen LogP contribution in [-0.2, 0) is 9.59 Å². The van der Waals surface area contributed by atoms with Crippen LogP contribution < -0.4 is 16.0 Å². The lowest BCUT2D eigenvalue weighted by Gasteiger charge is -2.36. The van der Waals surface area contributed by atoms with Crippen molar-refractivity contribution in [3.63, 3.8) is 0 Å². The van der Waals surface area contributed by atoms with Crippen molar-refractivity contribution in [3.05, 3.63) is 0 Å². The van der Waals surface area contributed by atoms with E-state index in [0.717, 1.165) is 49.8 Å². The van der Waals surface area contributed by atoms with Gasteiger partial charge in [-0.15, -0.1) is 0 Å². The summed E-state index contributed by atoms with van der Waals surface area (Å²) in [6.07, 6.45) is 7.34. The Kier molecular flexibility index (Phi) is 4.96. The molecule has 6 amide bonds. The largest absolute Gasteiger partial charge is 0.335 e. The molecule has 1 spiro atoms. The van der Waals surface area contributed by atoms with Crippen molar-refractivity contribution < 1.29 is 19.2 Å². The van der Waals surface area contributed by atoms with E-state index in [1.165, 1.54) is 0 Å². The van der Waals surface area contributed by atoms with E-state index in [2.05, 4.69) is 16.0 Å². The summed E-state index contributed by atoms with van der Waals surface area (Å²) >= 11 is 0. The van der Waals surface area contributed by atoms with E-state index in [1.54, 1.807) is 0 Å². The van der Waals surface area contributed by atoms with E-state index in [9.17, 15) is 19.2 Å². The first kappa shape index (κ1) is 17.7. The minimum Gasteiger partial charge on any atom is -0.335 e. The van der Waals surface area contributed by atoms with E-state index in [4.69, 9.17) is 0 Å². The molecule has 8 heteroatoms. The molecule has 0 aromatic rings. The summed E-state index contributed by atoms with van der Waals surface area (Å²) in [5.74, 6) is -0.966. The number of imide groups is 2. The van der Waals surface area contributed by atoms with Gasteiger partial charge in [0.2, 0.25) is 5.91 Å². The number of carbonyl (C=O) groups is 4. The molecule has 3 fully saturated rings. The molecular formula is C17H26N4O4. The second-order valence-corrected chi connectivity index (χ2v) is 7.44. The van der Waals surface area contributed by atoms with Gasteiger partial charge in [-0.05, 0) is 31.6 Å². The first-order chi connectivity index (χ1) is 11.9. The first-order valence-corrected chi connectivity index (χ1v) is 9.17. The highest BCUT2D eigenvalue weighted by atomic mass is 16.2. The fraction of sp³-hybridized carbons (Fsp3) is 0.765. The van der Waals surface area contributed by atoms with Gasteiger partial charge in [0, 0.05) is 6.04 Å². The van der Waals surface area contributed by atoms with E-state index in [-0.39, 0.29) is 17.9 Å². The molecule has 1 heterocycles. The third-order valence-electron chi connectivity index (χ3n) is 5.75. The highest BCUT2D eigenvalue weighted by molar-refractivity contribution is 6.10. The molecule has 0 aromatic carbocycles. The van der Waals surface area contributed by atoms with Crippen LogP contribution in [0.15, 0.2) is 0 Å². The molecule has 3 rings (SSSR count). The Morgan fingerprint density at radius 1 is 1.16 bits per heavy atom. The number of rotatable bonds is 3. The predicted octanol–water partition coefficient (Wildman–Crippen LogP) is 1.26.